The van der Waals surface area contributed by atoms with E-state index in [1.807, 2.05) is 19.1 Å². The standard InChI is InChI=1S/C15H15ClO/c1-2-17-15-9-7-14(8-10-15)13-5-3-12(11-16)4-6-13/h3-10H,2,11H2,1H3. The van der Waals surface area contributed by atoms with Gasteiger partial charge in [-0.1, -0.05) is 36.4 Å². The molecule has 2 aromatic rings. The number of rotatable bonds is 4. The molecule has 0 aromatic heterocycles. The second-order valence-electron chi connectivity index (χ2n) is 3.79. The molecule has 0 bridgehead atoms. The van der Waals surface area contributed by atoms with Crippen LogP contribution in [0.25, 0.3) is 11.1 Å². The summed E-state index contributed by atoms with van der Waals surface area (Å²) in [6, 6.07) is 16.4. The quantitative estimate of drug-likeness (QED) is 0.723. The van der Waals surface area contributed by atoms with Gasteiger partial charge in [-0.25, -0.2) is 0 Å². The summed E-state index contributed by atoms with van der Waals surface area (Å²) in [4.78, 5) is 0. The van der Waals surface area contributed by atoms with Crippen LogP contribution in [0, 0.1) is 0 Å². The van der Waals surface area contributed by atoms with Gasteiger partial charge in [0.15, 0.2) is 0 Å². The Bertz CT molecular complexity index is 459. The lowest BCUT2D eigenvalue weighted by molar-refractivity contribution is 0.340. The molecule has 0 atom stereocenters. The van der Waals surface area contributed by atoms with Crippen LogP contribution in [-0.2, 0) is 5.88 Å². The molecule has 0 spiro atoms. The van der Waals surface area contributed by atoms with E-state index in [-0.39, 0.29) is 0 Å². The van der Waals surface area contributed by atoms with Crippen molar-refractivity contribution in [3.05, 3.63) is 54.1 Å². The Labute approximate surface area is 107 Å². The lowest BCUT2D eigenvalue weighted by Gasteiger charge is -2.05. The van der Waals surface area contributed by atoms with E-state index in [2.05, 4.69) is 36.4 Å². The highest BCUT2D eigenvalue weighted by Crippen LogP contribution is 2.23. The van der Waals surface area contributed by atoms with Gasteiger partial charge in [0.25, 0.3) is 0 Å². The minimum absolute atomic E-state index is 0.559. The van der Waals surface area contributed by atoms with Crippen LogP contribution in [-0.4, -0.2) is 6.61 Å². The first kappa shape index (κ1) is 12.0. The van der Waals surface area contributed by atoms with Crippen molar-refractivity contribution >= 4 is 11.6 Å². The van der Waals surface area contributed by atoms with Gasteiger partial charge in [0.2, 0.25) is 0 Å². The maximum atomic E-state index is 5.76. The van der Waals surface area contributed by atoms with Crippen LogP contribution in [0.1, 0.15) is 12.5 Å². The second kappa shape index (κ2) is 5.74. The Morgan fingerprint density at radius 3 is 1.88 bits per heavy atom. The number of benzene rings is 2. The topological polar surface area (TPSA) is 9.23 Å². The molecule has 0 heterocycles. The van der Waals surface area contributed by atoms with Gasteiger partial charge in [0.05, 0.1) is 6.61 Å². The van der Waals surface area contributed by atoms with Crippen molar-refractivity contribution < 1.29 is 4.74 Å². The first-order chi connectivity index (χ1) is 8.33. The average molecular weight is 247 g/mol. The molecule has 2 aromatic carbocycles. The van der Waals surface area contributed by atoms with Crippen LogP contribution in [0.4, 0.5) is 0 Å². The summed E-state index contributed by atoms with van der Waals surface area (Å²) in [6.45, 7) is 2.68. The minimum Gasteiger partial charge on any atom is -0.494 e. The van der Waals surface area contributed by atoms with E-state index in [4.69, 9.17) is 16.3 Å². The van der Waals surface area contributed by atoms with Gasteiger partial charge in [-0.05, 0) is 35.7 Å². The van der Waals surface area contributed by atoms with E-state index in [1.165, 1.54) is 11.1 Å². The first-order valence-corrected chi connectivity index (χ1v) is 6.25. The molecule has 1 nitrogen and oxygen atoms in total. The molecule has 0 aliphatic carbocycles. The van der Waals surface area contributed by atoms with Crippen LogP contribution in [0.2, 0.25) is 0 Å². The molecule has 0 saturated carbocycles. The third-order valence-corrected chi connectivity index (χ3v) is 2.92. The van der Waals surface area contributed by atoms with E-state index in [0.29, 0.717) is 12.5 Å². The van der Waals surface area contributed by atoms with Crippen LogP contribution in [0.3, 0.4) is 0 Å². The highest BCUT2D eigenvalue weighted by molar-refractivity contribution is 6.17. The van der Waals surface area contributed by atoms with E-state index in [1.54, 1.807) is 0 Å². The number of hydrogen-bond acceptors (Lipinski definition) is 1. The fraction of sp³-hybridized carbons (Fsp3) is 0.200. The van der Waals surface area contributed by atoms with Crippen molar-refractivity contribution in [2.75, 3.05) is 6.61 Å². The van der Waals surface area contributed by atoms with Crippen molar-refractivity contribution in [2.45, 2.75) is 12.8 Å². The molecule has 0 radical (unpaired) electrons. The van der Waals surface area contributed by atoms with Crippen LogP contribution >= 0.6 is 11.6 Å². The summed E-state index contributed by atoms with van der Waals surface area (Å²) >= 11 is 5.76. The maximum absolute atomic E-state index is 5.76. The van der Waals surface area contributed by atoms with Gasteiger partial charge in [0, 0.05) is 5.88 Å². The number of halogens is 1. The summed E-state index contributed by atoms with van der Waals surface area (Å²) in [5, 5.41) is 0. The van der Waals surface area contributed by atoms with Crippen molar-refractivity contribution in [2.24, 2.45) is 0 Å². The molecule has 0 aliphatic rings. The van der Waals surface area contributed by atoms with E-state index >= 15 is 0 Å². The molecule has 17 heavy (non-hydrogen) atoms. The SMILES string of the molecule is CCOc1ccc(-c2ccc(CCl)cc2)cc1. The molecular weight excluding hydrogens is 232 g/mol. The molecule has 0 unspecified atom stereocenters. The third-order valence-electron chi connectivity index (χ3n) is 2.61. The Hall–Kier alpha value is -1.47. The van der Waals surface area contributed by atoms with Crippen LogP contribution in [0.5, 0.6) is 5.75 Å². The molecule has 0 saturated heterocycles. The molecule has 2 heteroatoms. The normalized spacial score (nSPS) is 10.2. The highest BCUT2D eigenvalue weighted by atomic mass is 35.5. The number of alkyl halides is 1. The van der Waals surface area contributed by atoms with Gasteiger partial charge >= 0.3 is 0 Å². The molecule has 0 aliphatic heterocycles. The molecule has 2 rings (SSSR count). The molecule has 0 N–H and O–H groups in total. The maximum Gasteiger partial charge on any atom is 0.119 e. The zero-order valence-corrected chi connectivity index (χ0v) is 10.6. The monoisotopic (exact) mass is 246 g/mol. The first-order valence-electron chi connectivity index (χ1n) is 5.71. The van der Waals surface area contributed by atoms with E-state index in [0.717, 1.165) is 11.3 Å². The fourth-order valence-corrected chi connectivity index (χ4v) is 1.87. The number of hydrogen-bond donors (Lipinski definition) is 0. The molecule has 0 amide bonds. The van der Waals surface area contributed by atoms with Crippen molar-refractivity contribution in [1.29, 1.82) is 0 Å². The zero-order valence-electron chi connectivity index (χ0n) is 9.82. The summed E-state index contributed by atoms with van der Waals surface area (Å²) in [6.07, 6.45) is 0. The Balaban J connectivity index is 2.20. The van der Waals surface area contributed by atoms with Gasteiger partial charge in [-0.2, -0.15) is 0 Å². The Kier molecular flexibility index (Phi) is 4.05. The smallest absolute Gasteiger partial charge is 0.119 e. The second-order valence-corrected chi connectivity index (χ2v) is 4.06. The van der Waals surface area contributed by atoms with Crippen LogP contribution < -0.4 is 4.74 Å². The van der Waals surface area contributed by atoms with Crippen molar-refractivity contribution in [3.63, 3.8) is 0 Å². The van der Waals surface area contributed by atoms with Gasteiger partial charge < -0.3 is 4.74 Å². The largest absolute Gasteiger partial charge is 0.494 e. The Morgan fingerprint density at radius 2 is 1.41 bits per heavy atom. The average Bonchev–Trinajstić information content (AvgIpc) is 2.40. The van der Waals surface area contributed by atoms with E-state index in [9.17, 15) is 0 Å². The van der Waals surface area contributed by atoms with Crippen molar-refractivity contribution in [3.8, 4) is 16.9 Å². The predicted molar refractivity (Wildman–Crippen MR) is 72.6 cm³/mol. The predicted octanol–water partition coefficient (Wildman–Crippen LogP) is 4.49. The summed E-state index contributed by atoms with van der Waals surface area (Å²) in [7, 11) is 0. The zero-order chi connectivity index (χ0) is 12.1. The number of ether oxygens (including phenoxy) is 1. The molecule has 0 fully saturated rings. The van der Waals surface area contributed by atoms with Crippen molar-refractivity contribution in [1.82, 2.24) is 0 Å². The lowest BCUT2D eigenvalue weighted by atomic mass is 10.0. The van der Waals surface area contributed by atoms with Crippen LogP contribution in [0.15, 0.2) is 48.5 Å². The summed E-state index contributed by atoms with van der Waals surface area (Å²) in [5.74, 6) is 1.47. The summed E-state index contributed by atoms with van der Waals surface area (Å²) in [5.41, 5.74) is 3.53. The molecule has 88 valence electrons. The molecular formula is C15H15ClO. The Morgan fingerprint density at radius 1 is 0.882 bits per heavy atom. The van der Waals surface area contributed by atoms with Gasteiger partial charge in [-0.15, -0.1) is 11.6 Å². The minimum atomic E-state index is 0.559. The van der Waals surface area contributed by atoms with Gasteiger partial charge in [-0.3, -0.25) is 0 Å². The summed E-state index contributed by atoms with van der Waals surface area (Å²) < 4.78 is 5.42. The van der Waals surface area contributed by atoms with E-state index < -0.39 is 0 Å². The lowest BCUT2D eigenvalue weighted by Crippen LogP contribution is -1.90. The van der Waals surface area contributed by atoms with Gasteiger partial charge in [0.1, 0.15) is 5.75 Å². The third kappa shape index (κ3) is 3.01. The fourth-order valence-electron chi connectivity index (χ4n) is 1.70. The highest BCUT2D eigenvalue weighted by Gasteiger charge is 1.98.